The van der Waals surface area contributed by atoms with Crippen LogP contribution < -0.4 is 0 Å². The number of hydrogen-bond acceptors (Lipinski definition) is 1. The van der Waals surface area contributed by atoms with Crippen LogP contribution in [0.5, 0.6) is 0 Å². The van der Waals surface area contributed by atoms with Crippen LogP contribution in [0, 0.1) is 21.7 Å². The Hall–Kier alpha value is -2.93. The van der Waals surface area contributed by atoms with Gasteiger partial charge in [0, 0.05) is 22.0 Å². The van der Waals surface area contributed by atoms with Crippen LogP contribution in [0.4, 0.5) is 0 Å². The molecular formula is C35H42O. The van der Waals surface area contributed by atoms with Crippen LogP contribution in [-0.2, 0) is 4.79 Å². The van der Waals surface area contributed by atoms with Crippen molar-refractivity contribution in [2.45, 2.75) is 69.2 Å². The van der Waals surface area contributed by atoms with Crippen molar-refractivity contribution in [2.75, 3.05) is 0 Å². The Morgan fingerprint density at radius 1 is 0.611 bits per heavy atom. The van der Waals surface area contributed by atoms with E-state index in [9.17, 15) is 4.79 Å². The van der Waals surface area contributed by atoms with Gasteiger partial charge in [0.05, 0.1) is 0 Å². The van der Waals surface area contributed by atoms with Gasteiger partial charge in [-0.25, -0.2) is 0 Å². The third-order valence-corrected chi connectivity index (χ3v) is 7.87. The summed E-state index contributed by atoms with van der Waals surface area (Å²) >= 11 is 0. The number of carbonyl (C=O) groups is 1. The predicted molar refractivity (Wildman–Crippen MR) is 154 cm³/mol. The summed E-state index contributed by atoms with van der Waals surface area (Å²) in [4.78, 5) is 13.6. The zero-order valence-corrected chi connectivity index (χ0v) is 23.8. The number of hydrogen-bond donors (Lipinski definition) is 0. The first-order valence-electron chi connectivity index (χ1n) is 13.2. The quantitative estimate of drug-likeness (QED) is 0.420. The first-order valence-corrected chi connectivity index (χ1v) is 13.2. The fraction of sp³-hybridized carbons (Fsp3) is 0.400. The van der Waals surface area contributed by atoms with Crippen LogP contribution in [0.1, 0.15) is 80.4 Å². The predicted octanol–water partition coefficient (Wildman–Crippen LogP) is 9.38. The van der Waals surface area contributed by atoms with Gasteiger partial charge in [-0.2, -0.15) is 0 Å². The third kappa shape index (κ3) is 4.27. The monoisotopic (exact) mass is 478 g/mol. The normalized spacial score (nSPS) is 19.5. The Labute approximate surface area is 218 Å². The zero-order valence-electron chi connectivity index (χ0n) is 23.8. The molecule has 0 saturated heterocycles. The summed E-state index contributed by atoms with van der Waals surface area (Å²) in [7, 11) is 0. The second-order valence-electron chi connectivity index (χ2n) is 13.5. The summed E-state index contributed by atoms with van der Waals surface area (Å²) < 4.78 is 0. The molecule has 1 fully saturated rings. The molecule has 2 aromatic carbocycles. The second-order valence-corrected chi connectivity index (χ2v) is 13.5. The molecule has 2 aliphatic carbocycles. The molecule has 0 unspecified atom stereocenters. The zero-order chi connectivity index (χ0) is 26.7. The molecular weight excluding hydrogens is 436 g/mol. The van der Waals surface area contributed by atoms with Crippen molar-refractivity contribution in [2.24, 2.45) is 21.7 Å². The Bertz CT molecular complexity index is 1210. The molecule has 188 valence electrons. The van der Waals surface area contributed by atoms with Crippen molar-refractivity contribution in [1.82, 2.24) is 0 Å². The highest BCUT2D eigenvalue weighted by molar-refractivity contribution is 6.12. The Morgan fingerprint density at radius 2 is 0.972 bits per heavy atom. The molecule has 0 aliphatic heterocycles. The van der Waals surface area contributed by atoms with Gasteiger partial charge in [0.15, 0.2) is 5.78 Å². The average Bonchev–Trinajstić information content (AvgIpc) is 2.77. The largest absolute Gasteiger partial charge is 0.289 e. The smallest absolute Gasteiger partial charge is 0.186 e. The minimum absolute atomic E-state index is 0.154. The molecule has 4 rings (SSSR count). The molecule has 0 heterocycles. The van der Waals surface area contributed by atoms with E-state index < -0.39 is 0 Å². The number of rotatable bonds is 2. The van der Waals surface area contributed by atoms with E-state index in [-0.39, 0.29) is 27.4 Å². The molecule has 2 aliphatic rings. The van der Waals surface area contributed by atoms with Crippen molar-refractivity contribution < 1.29 is 4.79 Å². The van der Waals surface area contributed by atoms with Crippen molar-refractivity contribution in [3.8, 4) is 0 Å². The van der Waals surface area contributed by atoms with Crippen LogP contribution in [0.15, 0.2) is 101 Å². The number of ketones is 1. The van der Waals surface area contributed by atoms with Crippen molar-refractivity contribution in [3.63, 3.8) is 0 Å². The minimum atomic E-state index is -0.219. The molecule has 0 radical (unpaired) electrons. The molecule has 0 aromatic heterocycles. The van der Waals surface area contributed by atoms with Gasteiger partial charge >= 0.3 is 0 Å². The lowest BCUT2D eigenvalue weighted by molar-refractivity contribution is -0.114. The van der Waals surface area contributed by atoms with E-state index in [4.69, 9.17) is 0 Å². The van der Waals surface area contributed by atoms with Gasteiger partial charge in [0.1, 0.15) is 0 Å². The topological polar surface area (TPSA) is 17.1 Å². The van der Waals surface area contributed by atoms with Gasteiger partial charge in [-0.05, 0) is 56.4 Å². The standard InChI is InChI=1S/C35H42O/c1-32(2,3)26-21-25(22-27(29(26)36)33(4,5)6)30-34(7,8)31(35(30,9)10)28(23-17-13-11-14-18-23)24-19-15-12-16-20-24/h11-22H,1-10H3. The van der Waals surface area contributed by atoms with Gasteiger partial charge in [-0.3, -0.25) is 4.79 Å². The van der Waals surface area contributed by atoms with Crippen LogP contribution in [0.2, 0.25) is 0 Å². The molecule has 1 heteroatoms. The molecule has 36 heavy (non-hydrogen) atoms. The van der Waals surface area contributed by atoms with E-state index in [1.165, 1.54) is 33.4 Å². The maximum absolute atomic E-state index is 13.6. The second kappa shape index (κ2) is 8.58. The van der Waals surface area contributed by atoms with Gasteiger partial charge in [0.2, 0.25) is 0 Å². The SMILES string of the molecule is CC(C)(C)C1=CC(=C2C(C)(C)C(=C(c3ccccc3)c3ccccc3)C2(C)C)C=C(C(C)(C)C)C1=O. The molecule has 0 amide bonds. The van der Waals surface area contributed by atoms with Crippen LogP contribution in [-0.4, -0.2) is 5.78 Å². The van der Waals surface area contributed by atoms with Gasteiger partial charge in [0.25, 0.3) is 0 Å². The van der Waals surface area contributed by atoms with Crippen LogP contribution in [0.3, 0.4) is 0 Å². The highest BCUT2D eigenvalue weighted by atomic mass is 16.1. The summed E-state index contributed by atoms with van der Waals surface area (Å²) in [5, 5.41) is 0. The fourth-order valence-electron chi connectivity index (χ4n) is 6.65. The Kier molecular flexibility index (Phi) is 6.23. The lowest BCUT2D eigenvalue weighted by atomic mass is 9.45. The lowest BCUT2D eigenvalue weighted by Gasteiger charge is -2.58. The maximum atomic E-state index is 13.6. The number of Topliss-reactive ketones (excluding diaryl/α,β-unsaturated/α-hetero) is 1. The summed E-state index contributed by atoms with van der Waals surface area (Å²) in [6.07, 6.45) is 4.38. The summed E-state index contributed by atoms with van der Waals surface area (Å²) in [6.45, 7) is 22.3. The van der Waals surface area contributed by atoms with Crippen LogP contribution >= 0.6 is 0 Å². The summed E-state index contributed by atoms with van der Waals surface area (Å²) in [5.41, 5.74) is 8.96. The summed E-state index contributed by atoms with van der Waals surface area (Å²) in [5.74, 6) is 0.194. The average molecular weight is 479 g/mol. The summed E-state index contributed by atoms with van der Waals surface area (Å²) in [6, 6.07) is 21.6. The van der Waals surface area contributed by atoms with Gasteiger partial charge in [-0.1, -0.05) is 130 Å². The molecule has 0 atom stereocenters. The minimum Gasteiger partial charge on any atom is -0.289 e. The van der Waals surface area contributed by atoms with E-state index in [1.54, 1.807) is 0 Å². The van der Waals surface area contributed by atoms with E-state index in [0.717, 1.165) is 11.1 Å². The first-order chi connectivity index (χ1) is 16.6. The van der Waals surface area contributed by atoms with Gasteiger partial charge in [-0.15, -0.1) is 0 Å². The Morgan fingerprint density at radius 3 is 1.31 bits per heavy atom. The number of benzene rings is 2. The molecule has 1 saturated carbocycles. The Balaban J connectivity index is 2.04. The first kappa shape index (κ1) is 26.1. The molecule has 0 N–H and O–H groups in total. The molecule has 0 spiro atoms. The van der Waals surface area contributed by atoms with E-state index in [2.05, 4.69) is 142 Å². The number of carbonyl (C=O) groups excluding carboxylic acids is 1. The van der Waals surface area contributed by atoms with Crippen molar-refractivity contribution >= 4 is 11.4 Å². The highest BCUT2D eigenvalue weighted by Crippen LogP contribution is 2.67. The van der Waals surface area contributed by atoms with E-state index >= 15 is 0 Å². The van der Waals surface area contributed by atoms with Crippen LogP contribution in [0.25, 0.3) is 5.57 Å². The fourth-order valence-corrected chi connectivity index (χ4v) is 6.65. The van der Waals surface area contributed by atoms with E-state index in [1.807, 2.05) is 0 Å². The van der Waals surface area contributed by atoms with Crippen molar-refractivity contribution in [3.05, 3.63) is 112 Å². The highest BCUT2D eigenvalue weighted by Gasteiger charge is 2.56. The molecule has 0 bridgehead atoms. The van der Waals surface area contributed by atoms with Gasteiger partial charge < -0.3 is 0 Å². The van der Waals surface area contributed by atoms with Crippen molar-refractivity contribution in [1.29, 1.82) is 0 Å². The number of allylic oxidation sites excluding steroid dienone is 7. The molecule has 1 nitrogen and oxygen atoms in total. The third-order valence-electron chi connectivity index (χ3n) is 7.87. The lowest BCUT2D eigenvalue weighted by Crippen LogP contribution is -2.47. The van der Waals surface area contributed by atoms with E-state index in [0.29, 0.717) is 0 Å². The maximum Gasteiger partial charge on any atom is 0.186 e. The molecule has 2 aromatic rings.